The second-order valence-corrected chi connectivity index (χ2v) is 8.99. The Labute approximate surface area is 193 Å². The number of benzene rings is 3. The monoisotopic (exact) mass is 437 g/mol. The van der Waals surface area contributed by atoms with Crippen molar-refractivity contribution < 1.29 is 9.59 Å². The van der Waals surface area contributed by atoms with Crippen molar-refractivity contribution in [3.8, 4) is 0 Å². The third-order valence-corrected chi connectivity index (χ3v) is 6.58. The van der Waals surface area contributed by atoms with Gasteiger partial charge in [-0.05, 0) is 37.1 Å². The van der Waals surface area contributed by atoms with Crippen molar-refractivity contribution in [2.45, 2.75) is 39.0 Å². The van der Waals surface area contributed by atoms with Crippen LogP contribution in [0, 0.1) is 6.92 Å². The summed E-state index contributed by atoms with van der Waals surface area (Å²) in [5, 5.41) is 4.08. The molecule has 0 fully saturated rings. The minimum atomic E-state index is -1.04. The third kappa shape index (κ3) is 3.80. The number of rotatable bonds is 5. The highest BCUT2D eigenvalue weighted by molar-refractivity contribution is 6.03. The second kappa shape index (κ2) is 8.24. The predicted octanol–water partition coefficient (Wildman–Crippen LogP) is 4.68. The van der Waals surface area contributed by atoms with Crippen molar-refractivity contribution in [3.63, 3.8) is 0 Å². The Morgan fingerprint density at radius 2 is 1.64 bits per heavy atom. The molecule has 0 bridgehead atoms. The maximum atomic E-state index is 13.8. The normalized spacial score (nSPS) is 17.8. The Bertz CT molecular complexity index is 1320. The van der Waals surface area contributed by atoms with Gasteiger partial charge < -0.3 is 14.8 Å². The summed E-state index contributed by atoms with van der Waals surface area (Å²) in [6.07, 6.45) is 0. The number of aromatic nitrogens is 1. The molecule has 1 N–H and O–H groups in total. The first-order chi connectivity index (χ1) is 16.0. The van der Waals surface area contributed by atoms with E-state index in [-0.39, 0.29) is 11.8 Å². The van der Waals surface area contributed by atoms with Gasteiger partial charge in [0.25, 0.3) is 5.91 Å². The molecule has 3 aromatic carbocycles. The van der Waals surface area contributed by atoms with Crippen molar-refractivity contribution in [2.24, 2.45) is 0 Å². The second-order valence-electron chi connectivity index (χ2n) is 8.99. The van der Waals surface area contributed by atoms with Crippen LogP contribution in [0.4, 0.5) is 0 Å². The first kappa shape index (κ1) is 21.0. The zero-order valence-electron chi connectivity index (χ0n) is 18.9. The summed E-state index contributed by atoms with van der Waals surface area (Å²) in [5.74, 6) is -0.286. The van der Waals surface area contributed by atoms with Crippen LogP contribution in [-0.2, 0) is 24.4 Å². The quantitative estimate of drug-likeness (QED) is 0.493. The third-order valence-electron chi connectivity index (χ3n) is 6.58. The van der Waals surface area contributed by atoms with Crippen molar-refractivity contribution in [1.29, 1.82) is 0 Å². The largest absolute Gasteiger partial charge is 0.350 e. The summed E-state index contributed by atoms with van der Waals surface area (Å²) in [4.78, 5) is 29.1. The van der Waals surface area contributed by atoms with Gasteiger partial charge in [-0.25, -0.2) is 0 Å². The summed E-state index contributed by atoms with van der Waals surface area (Å²) < 4.78 is 1.99. The van der Waals surface area contributed by atoms with Crippen LogP contribution < -0.4 is 5.32 Å². The zero-order valence-corrected chi connectivity index (χ0v) is 18.9. The van der Waals surface area contributed by atoms with Crippen LogP contribution >= 0.6 is 0 Å². The standard InChI is InChI=1S/C28H27N3O2/c1-20-12-14-22(15-13-20)18-31-26(32)25-16-23-10-6-7-11-24(23)30(25)19-28(31,2)27(33)29-17-21-8-4-3-5-9-21/h3-16H,17-19H2,1-2H3,(H,29,33)/t28-/m0/s1. The van der Waals surface area contributed by atoms with Gasteiger partial charge in [-0.3, -0.25) is 9.59 Å². The molecule has 1 aromatic heterocycles. The number of hydrogen-bond acceptors (Lipinski definition) is 2. The molecule has 5 heteroatoms. The number of para-hydroxylation sites is 1. The molecule has 1 atom stereocenters. The van der Waals surface area contributed by atoms with Gasteiger partial charge >= 0.3 is 0 Å². The maximum Gasteiger partial charge on any atom is 0.271 e. The summed E-state index contributed by atoms with van der Waals surface area (Å²) in [7, 11) is 0. The first-order valence-corrected chi connectivity index (χ1v) is 11.2. The number of carbonyl (C=O) groups is 2. The lowest BCUT2D eigenvalue weighted by Crippen LogP contribution is -2.63. The average molecular weight is 438 g/mol. The molecule has 33 heavy (non-hydrogen) atoms. The van der Waals surface area contributed by atoms with Gasteiger partial charge in [-0.1, -0.05) is 78.4 Å². The van der Waals surface area contributed by atoms with Crippen molar-refractivity contribution in [2.75, 3.05) is 0 Å². The van der Waals surface area contributed by atoms with E-state index in [0.29, 0.717) is 25.3 Å². The van der Waals surface area contributed by atoms with E-state index in [1.165, 1.54) is 0 Å². The predicted molar refractivity (Wildman–Crippen MR) is 130 cm³/mol. The van der Waals surface area contributed by atoms with Gasteiger partial charge in [0.2, 0.25) is 5.91 Å². The lowest BCUT2D eigenvalue weighted by Gasteiger charge is -2.44. The number of nitrogens with zero attached hydrogens (tertiary/aromatic N) is 2. The Morgan fingerprint density at radius 3 is 2.39 bits per heavy atom. The molecule has 166 valence electrons. The topological polar surface area (TPSA) is 54.3 Å². The maximum absolute atomic E-state index is 13.8. The van der Waals surface area contributed by atoms with Crippen LogP contribution in [0.25, 0.3) is 10.9 Å². The minimum absolute atomic E-state index is 0.129. The van der Waals surface area contributed by atoms with Gasteiger partial charge in [0.05, 0.1) is 6.54 Å². The number of nitrogens with one attached hydrogen (secondary N) is 1. The van der Waals surface area contributed by atoms with Crippen LogP contribution in [0.2, 0.25) is 0 Å². The van der Waals surface area contributed by atoms with E-state index in [1.54, 1.807) is 4.90 Å². The van der Waals surface area contributed by atoms with E-state index in [1.807, 2.05) is 103 Å². The van der Waals surface area contributed by atoms with Gasteiger partial charge in [0, 0.05) is 24.0 Å². The number of carbonyl (C=O) groups excluding carboxylic acids is 2. The highest BCUT2D eigenvalue weighted by atomic mass is 16.2. The Kier molecular flexibility index (Phi) is 5.25. The van der Waals surface area contributed by atoms with Crippen LogP contribution in [0.15, 0.2) is 84.9 Å². The molecular weight excluding hydrogens is 410 g/mol. The highest BCUT2D eigenvalue weighted by Gasteiger charge is 2.47. The lowest BCUT2D eigenvalue weighted by atomic mass is 9.93. The average Bonchev–Trinajstić information content (AvgIpc) is 3.20. The van der Waals surface area contributed by atoms with Crippen molar-refractivity contribution in [3.05, 3.63) is 107 Å². The number of amides is 2. The highest BCUT2D eigenvalue weighted by Crippen LogP contribution is 2.33. The van der Waals surface area contributed by atoms with Crippen molar-refractivity contribution >= 4 is 22.7 Å². The molecule has 2 amide bonds. The molecule has 0 radical (unpaired) electrons. The molecule has 0 unspecified atom stereocenters. The Morgan fingerprint density at radius 1 is 0.939 bits per heavy atom. The molecule has 0 spiro atoms. The Balaban J connectivity index is 1.53. The van der Waals surface area contributed by atoms with E-state index in [2.05, 4.69) is 5.32 Å². The fourth-order valence-electron chi connectivity index (χ4n) is 4.60. The Hall–Kier alpha value is -3.86. The summed E-state index contributed by atoms with van der Waals surface area (Å²) >= 11 is 0. The van der Waals surface area contributed by atoms with Gasteiger partial charge in [0.1, 0.15) is 11.2 Å². The van der Waals surface area contributed by atoms with Crippen LogP contribution in [0.5, 0.6) is 0 Å². The lowest BCUT2D eigenvalue weighted by molar-refractivity contribution is -0.133. The number of hydrogen-bond donors (Lipinski definition) is 1. The molecule has 5 nitrogen and oxygen atoms in total. The first-order valence-electron chi connectivity index (χ1n) is 11.2. The zero-order chi connectivity index (χ0) is 23.0. The molecule has 5 rings (SSSR count). The number of fused-ring (bicyclic) bond motifs is 3. The molecule has 2 heterocycles. The van der Waals surface area contributed by atoms with Gasteiger partial charge in [-0.15, -0.1) is 0 Å². The minimum Gasteiger partial charge on any atom is -0.350 e. The smallest absolute Gasteiger partial charge is 0.271 e. The van der Waals surface area contributed by atoms with E-state index in [9.17, 15) is 9.59 Å². The molecular formula is C28H27N3O2. The van der Waals surface area contributed by atoms with Crippen LogP contribution in [-0.4, -0.2) is 26.8 Å². The molecule has 0 saturated carbocycles. The molecule has 0 saturated heterocycles. The van der Waals surface area contributed by atoms with Gasteiger partial charge in [0.15, 0.2) is 0 Å². The summed E-state index contributed by atoms with van der Waals surface area (Å²) in [6, 6.07) is 27.8. The fraction of sp³-hybridized carbons (Fsp3) is 0.214. The van der Waals surface area contributed by atoms with E-state index in [4.69, 9.17) is 0 Å². The molecule has 1 aliphatic heterocycles. The van der Waals surface area contributed by atoms with E-state index < -0.39 is 5.54 Å². The SMILES string of the molecule is Cc1ccc(CN2C(=O)c3cc4ccccc4n3C[C@@]2(C)C(=O)NCc2ccccc2)cc1. The fourth-order valence-corrected chi connectivity index (χ4v) is 4.60. The van der Waals surface area contributed by atoms with Gasteiger partial charge in [-0.2, -0.15) is 0 Å². The summed E-state index contributed by atoms with van der Waals surface area (Å²) in [5.41, 5.74) is 3.74. The molecule has 4 aromatic rings. The van der Waals surface area contributed by atoms with Crippen molar-refractivity contribution in [1.82, 2.24) is 14.8 Å². The number of aryl methyl sites for hydroxylation is 1. The molecule has 0 aliphatic carbocycles. The van der Waals surface area contributed by atoms with Crippen LogP contribution in [0.1, 0.15) is 34.1 Å². The summed E-state index contributed by atoms with van der Waals surface area (Å²) in [6.45, 7) is 5.09. The van der Waals surface area contributed by atoms with E-state index >= 15 is 0 Å². The van der Waals surface area contributed by atoms with Crippen LogP contribution in [0.3, 0.4) is 0 Å². The molecule has 1 aliphatic rings. The van der Waals surface area contributed by atoms with E-state index in [0.717, 1.165) is 27.6 Å².